The molecule has 6 rings (SSSR count). The van der Waals surface area contributed by atoms with Gasteiger partial charge in [-0.1, -0.05) is 17.7 Å². The van der Waals surface area contributed by atoms with Crippen molar-refractivity contribution >= 4 is 82.0 Å². The number of piperidine rings is 1. The van der Waals surface area contributed by atoms with Gasteiger partial charge >= 0.3 is 0 Å². The first-order valence-electron chi connectivity index (χ1n) is 19.0. The van der Waals surface area contributed by atoms with Crippen molar-refractivity contribution in [3.63, 3.8) is 0 Å². The van der Waals surface area contributed by atoms with Crippen LogP contribution < -0.4 is 20.9 Å². The number of aromatic nitrogens is 1. The molecule has 55 heavy (non-hydrogen) atoms. The molecule has 1 unspecified atom stereocenters. The van der Waals surface area contributed by atoms with Crippen molar-refractivity contribution in [1.82, 2.24) is 25.0 Å². The van der Waals surface area contributed by atoms with Crippen LogP contribution in [0.15, 0.2) is 36.5 Å². The number of nitriles is 1. The molecule has 2 aromatic rings. The number of imide groups is 1. The highest BCUT2D eigenvalue weighted by Crippen LogP contribution is 2.40. The van der Waals surface area contributed by atoms with Crippen molar-refractivity contribution in [2.45, 2.75) is 109 Å². The van der Waals surface area contributed by atoms with E-state index in [1.165, 1.54) is 11.1 Å². The second kappa shape index (κ2) is 17.9. The van der Waals surface area contributed by atoms with Crippen LogP contribution in [0.2, 0.25) is 5.02 Å². The zero-order chi connectivity index (χ0) is 38.7. The summed E-state index contributed by atoms with van der Waals surface area (Å²) in [5, 5.41) is 18.4. The maximum atomic E-state index is 13.6. The average molecular weight is 813 g/mol. The Hall–Kier alpha value is -3.87. The third kappa shape index (κ3) is 9.57. The van der Waals surface area contributed by atoms with E-state index in [-0.39, 0.29) is 64.9 Å². The predicted molar refractivity (Wildman–Crippen MR) is 219 cm³/mol. The topological polar surface area (TPSA) is 154 Å². The van der Waals surface area contributed by atoms with E-state index in [1.54, 1.807) is 6.07 Å². The summed E-state index contributed by atoms with van der Waals surface area (Å²) in [7, 11) is 0. The third-order valence-corrected chi connectivity index (χ3v) is 12.1. The number of hydrogen-bond acceptors (Lipinski definition) is 10. The highest BCUT2D eigenvalue weighted by atomic mass is 35.5. The van der Waals surface area contributed by atoms with Crippen molar-refractivity contribution in [2.24, 2.45) is 5.92 Å². The molecule has 0 spiro atoms. The summed E-state index contributed by atoms with van der Waals surface area (Å²) < 4.78 is 0. The highest BCUT2D eigenvalue weighted by molar-refractivity contribution is 7.80. The number of thiocarbonyl (C=S) groups is 1. The largest absolute Gasteiger partial charge is 0.374 e. The molecule has 296 valence electrons. The molecule has 0 radical (unpaired) electrons. The van der Waals surface area contributed by atoms with E-state index in [0.29, 0.717) is 47.5 Å². The van der Waals surface area contributed by atoms with Crippen LogP contribution in [0.5, 0.6) is 0 Å². The van der Waals surface area contributed by atoms with Crippen molar-refractivity contribution in [2.75, 3.05) is 41.7 Å². The van der Waals surface area contributed by atoms with E-state index in [4.69, 9.17) is 23.8 Å². The quantitative estimate of drug-likeness (QED) is 0.199. The number of amides is 4. The van der Waals surface area contributed by atoms with Gasteiger partial charge in [0.2, 0.25) is 17.7 Å². The van der Waals surface area contributed by atoms with E-state index in [9.17, 15) is 24.4 Å². The lowest BCUT2D eigenvalue weighted by Crippen LogP contribution is -2.58. The number of piperazine rings is 1. The Morgan fingerprint density at radius 1 is 1.07 bits per heavy atom. The molecule has 3 aliphatic heterocycles. The van der Waals surface area contributed by atoms with Crippen molar-refractivity contribution in [1.29, 1.82) is 5.26 Å². The molecule has 4 amide bonds. The molecule has 1 aromatic carbocycles. The van der Waals surface area contributed by atoms with E-state index in [1.807, 2.05) is 44.2 Å². The lowest BCUT2D eigenvalue weighted by Gasteiger charge is -2.44. The molecule has 3 saturated heterocycles. The van der Waals surface area contributed by atoms with Crippen LogP contribution in [0.3, 0.4) is 0 Å². The number of halogens is 2. The molecule has 4 fully saturated rings. The summed E-state index contributed by atoms with van der Waals surface area (Å²) >= 11 is 12.1. The Kier molecular flexibility index (Phi) is 13.8. The summed E-state index contributed by atoms with van der Waals surface area (Å²) in [6.45, 7) is 11.3. The summed E-state index contributed by atoms with van der Waals surface area (Å²) in [5.41, 5.74) is 1.15. The Labute approximate surface area is 339 Å². The van der Waals surface area contributed by atoms with Crippen molar-refractivity contribution in [3.05, 3.63) is 47.2 Å². The standard InChI is InChI=1S/C39H50ClN9O4S.ClH/c1-24-21-46(22-25(2)47(24)23-35(51)44-28-9-5-8-27(17-28)43-32-14-15-34(50)45-36(32)52)16-6-7-26-10-12-29(13-11-26)49-38(54)48(37(53)39(49,3)4)30-18-31(40)33(19-41)42-20-30;/h5,8-9,17-18,20,24-26,29,32,43H,6-7,10-16,21-23H2,1-4H3,(H,44,51)(H,45,50,52);1H/t24-,25+,26?,29?,32?;. The van der Waals surface area contributed by atoms with Gasteiger partial charge < -0.3 is 20.4 Å². The van der Waals surface area contributed by atoms with E-state index in [0.717, 1.165) is 58.2 Å². The molecule has 1 aliphatic carbocycles. The average Bonchev–Trinajstić information content (AvgIpc) is 3.30. The van der Waals surface area contributed by atoms with Gasteiger partial charge in [-0.05, 0) is 122 Å². The Morgan fingerprint density at radius 3 is 2.42 bits per heavy atom. The van der Waals surface area contributed by atoms with E-state index in [2.05, 4.69) is 49.5 Å². The van der Waals surface area contributed by atoms with E-state index < -0.39 is 11.6 Å². The zero-order valence-corrected chi connectivity index (χ0v) is 34.2. The SMILES string of the molecule is C[C@@H]1CN(CCCC2CCC(N3C(=S)N(c4cnc(C#N)c(Cl)c4)C(=O)C3(C)C)CC2)C[C@H](C)N1CC(=O)Nc1cccc(NC2CCC(=O)NC2=O)c1.Cl. The van der Waals surface area contributed by atoms with Gasteiger partial charge in [0.25, 0.3) is 5.91 Å². The summed E-state index contributed by atoms with van der Waals surface area (Å²) in [6, 6.07) is 11.0. The van der Waals surface area contributed by atoms with Gasteiger partial charge in [0.05, 0.1) is 23.5 Å². The van der Waals surface area contributed by atoms with Gasteiger partial charge in [-0.15, -0.1) is 12.4 Å². The van der Waals surface area contributed by atoms with Gasteiger partial charge in [-0.3, -0.25) is 34.3 Å². The van der Waals surface area contributed by atoms with Crippen LogP contribution >= 0.6 is 36.2 Å². The van der Waals surface area contributed by atoms with Gasteiger partial charge in [0.15, 0.2) is 10.8 Å². The molecule has 1 saturated carbocycles. The first-order chi connectivity index (χ1) is 25.7. The summed E-state index contributed by atoms with van der Waals surface area (Å²) in [4.78, 5) is 62.9. The zero-order valence-electron chi connectivity index (χ0n) is 31.8. The fourth-order valence-corrected chi connectivity index (χ4v) is 9.39. The number of pyridine rings is 1. The fraction of sp³-hybridized carbons (Fsp3) is 0.564. The van der Waals surface area contributed by atoms with Crippen LogP contribution in [0.1, 0.15) is 84.8 Å². The third-order valence-electron chi connectivity index (χ3n) is 11.4. The van der Waals surface area contributed by atoms with Crippen molar-refractivity contribution < 1.29 is 19.2 Å². The number of anilines is 3. The second-order valence-corrected chi connectivity index (χ2v) is 16.5. The molecular weight excluding hydrogens is 761 g/mol. The smallest absolute Gasteiger partial charge is 0.258 e. The second-order valence-electron chi connectivity index (χ2n) is 15.7. The Morgan fingerprint density at radius 2 is 1.76 bits per heavy atom. The van der Waals surface area contributed by atoms with Crippen LogP contribution in [0.4, 0.5) is 17.1 Å². The summed E-state index contributed by atoms with van der Waals surface area (Å²) in [6.07, 6.45) is 8.59. The number of hydrogen-bond donors (Lipinski definition) is 3. The normalized spacial score (nSPS) is 25.9. The van der Waals surface area contributed by atoms with Crippen LogP contribution in [-0.2, 0) is 19.2 Å². The first-order valence-corrected chi connectivity index (χ1v) is 19.8. The minimum Gasteiger partial charge on any atom is -0.374 e. The monoisotopic (exact) mass is 811 g/mol. The minimum atomic E-state index is -0.799. The minimum absolute atomic E-state index is 0. The summed E-state index contributed by atoms with van der Waals surface area (Å²) in [5.74, 6) is -0.161. The lowest BCUT2D eigenvalue weighted by atomic mass is 9.82. The molecule has 3 atom stereocenters. The number of benzene rings is 1. The Bertz CT molecular complexity index is 1820. The molecule has 3 N–H and O–H groups in total. The molecule has 4 aliphatic rings. The molecular formula is C39H51Cl2N9O4S. The van der Waals surface area contributed by atoms with Crippen LogP contribution in [0, 0.1) is 17.2 Å². The number of carbonyl (C=O) groups is 4. The van der Waals surface area contributed by atoms with Crippen LogP contribution in [-0.4, -0.2) is 104 Å². The molecule has 0 bridgehead atoms. The molecule has 4 heterocycles. The van der Waals surface area contributed by atoms with Gasteiger partial charge in [-0.25, -0.2) is 4.98 Å². The predicted octanol–water partition coefficient (Wildman–Crippen LogP) is 5.33. The highest BCUT2D eigenvalue weighted by Gasteiger charge is 2.52. The number of nitrogens with one attached hydrogen (secondary N) is 3. The van der Waals surface area contributed by atoms with E-state index >= 15 is 0 Å². The van der Waals surface area contributed by atoms with Gasteiger partial charge in [0.1, 0.15) is 17.6 Å². The maximum Gasteiger partial charge on any atom is 0.258 e. The number of nitrogens with zero attached hydrogens (tertiary/aromatic N) is 6. The fourth-order valence-electron chi connectivity index (χ4n) is 8.62. The van der Waals surface area contributed by atoms with Crippen molar-refractivity contribution in [3.8, 4) is 6.07 Å². The lowest BCUT2D eigenvalue weighted by molar-refractivity contribution is -0.133. The molecule has 13 nitrogen and oxygen atoms in total. The molecule has 16 heteroatoms. The molecule has 1 aromatic heterocycles. The first kappa shape index (κ1) is 42.3. The Balaban J connectivity index is 0.00000580. The van der Waals surface area contributed by atoms with Gasteiger partial charge in [0, 0.05) is 49.0 Å². The number of rotatable bonds is 11. The number of carbonyl (C=O) groups excluding carboxylic acids is 4. The van der Waals surface area contributed by atoms with Crippen LogP contribution in [0.25, 0.3) is 0 Å². The van der Waals surface area contributed by atoms with Gasteiger partial charge in [-0.2, -0.15) is 5.26 Å². The maximum absolute atomic E-state index is 13.6.